The van der Waals surface area contributed by atoms with E-state index < -0.39 is 11.7 Å². The maximum atomic E-state index is 13.9. The zero-order valence-electron chi connectivity index (χ0n) is 20.8. The minimum absolute atomic E-state index is 0.0945. The molecule has 3 aliphatic rings. The van der Waals surface area contributed by atoms with Crippen molar-refractivity contribution in [3.63, 3.8) is 0 Å². The van der Waals surface area contributed by atoms with Crippen molar-refractivity contribution in [2.75, 3.05) is 18.0 Å². The van der Waals surface area contributed by atoms with Crippen molar-refractivity contribution in [1.29, 1.82) is 0 Å². The molecule has 10 heteroatoms. The van der Waals surface area contributed by atoms with Gasteiger partial charge in [-0.3, -0.25) is 9.78 Å². The maximum absolute atomic E-state index is 13.9. The molecule has 1 aromatic carbocycles. The summed E-state index contributed by atoms with van der Waals surface area (Å²) in [6.07, 6.45) is 7.02. The molecule has 4 heterocycles. The van der Waals surface area contributed by atoms with E-state index in [1.54, 1.807) is 6.20 Å². The molecule has 1 saturated heterocycles. The highest BCUT2D eigenvalue weighted by Crippen LogP contribution is 2.52. The highest BCUT2D eigenvalue weighted by atomic mass is 19.1. The summed E-state index contributed by atoms with van der Waals surface area (Å²) in [4.78, 5) is 27.8. The number of nitrogens with zero attached hydrogens (tertiary/aromatic N) is 4. The molecule has 6 rings (SSSR count). The lowest BCUT2D eigenvalue weighted by Gasteiger charge is -2.58. The summed E-state index contributed by atoms with van der Waals surface area (Å²) in [5, 5.41) is 6.12. The lowest BCUT2D eigenvalue weighted by Crippen LogP contribution is -2.65. The van der Waals surface area contributed by atoms with Crippen molar-refractivity contribution >= 4 is 11.7 Å². The second-order valence-corrected chi connectivity index (χ2v) is 10.4. The van der Waals surface area contributed by atoms with Crippen molar-refractivity contribution in [3.05, 3.63) is 65.6 Å². The second kappa shape index (κ2) is 9.26. The summed E-state index contributed by atoms with van der Waals surface area (Å²) in [5.41, 5.74) is 2.56. The van der Waals surface area contributed by atoms with Crippen LogP contribution >= 0.6 is 0 Å². The molecule has 9 nitrogen and oxygen atoms in total. The molecule has 192 valence electrons. The van der Waals surface area contributed by atoms with Gasteiger partial charge in [-0.2, -0.15) is 0 Å². The summed E-state index contributed by atoms with van der Waals surface area (Å²) < 4.78 is 26.3. The molecule has 0 atom stereocenters. The van der Waals surface area contributed by atoms with Gasteiger partial charge in [0, 0.05) is 49.4 Å². The number of carbonyl (C=O) groups is 1. The first kappa shape index (κ1) is 23.6. The van der Waals surface area contributed by atoms with Gasteiger partial charge in [-0.25, -0.2) is 14.4 Å². The van der Waals surface area contributed by atoms with Crippen LogP contribution in [0.1, 0.15) is 48.3 Å². The topological polar surface area (TPSA) is 102 Å². The molecule has 0 unspecified atom stereocenters. The van der Waals surface area contributed by atoms with Gasteiger partial charge >= 0.3 is 0 Å². The standard InChI is InChI=1S/C27H29FN6O3/c1-16(2)33-26(35)19-7-17(28)3-4-22(19)37-24-12-30-15-32-25(24)34-13-27(14-34)8-18(9-27)36-23-5-6-31-21-11-29-10-20(21)23/h3-7,12,15-16,18,29H,8-11,13-14H2,1-2H3,(H,33,35). The van der Waals surface area contributed by atoms with Crippen LogP contribution in [0.2, 0.25) is 0 Å². The molecule has 2 N–H and O–H groups in total. The molecule has 2 aromatic heterocycles. The number of nitrogens with one attached hydrogen (secondary N) is 2. The Morgan fingerprint density at radius 1 is 1.16 bits per heavy atom. The Kier molecular flexibility index (Phi) is 5.91. The predicted molar refractivity (Wildman–Crippen MR) is 134 cm³/mol. The Hall–Kier alpha value is -3.79. The fourth-order valence-electron chi connectivity index (χ4n) is 5.46. The lowest BCUT2D eigenvalue weighted by molar-refractivity contribution is -0.0348. The van der Waals surface area contributed by atoms with Crippen LogP contribution in [0.5, 0.6) is 17.2 Å². The van der Waals surface area contributed by atoms with E-state index >= 15 is 0 Å². The van der Waals surface area contributed by atoms with Crippen molar-refractivity contribution in [2.45, 2.75) is 51.9 Å². The molecule has 1 aliphatic carbocycles. The fourth-order valence-corrected chi connectivity index (χ4v) is 5.46. The van der Waals surface area contributed by atoms with E-state index in [1.807, 2.05) is 26.1 Å². The van der Waals surface area contributed by atoms with E-state index in [9.17, 15) is 9.18 Å². The number of anilines is 1. The Labute approximate surface area is 214 Å². The molecule has 1 spiro atoms. The predicted octanol–water partition coefficient (Wildman–Crippen LogP) is 3.59. The van der Waals surface area contributed by atoms with Crippen LogP contribution in [0, 0.1) is 11.2 Å². The van der Waals surface area contributed by atoms with Crippen molar-refractivity contribution < 1.29 is 18.7 Å². The molecule has 1 saturated carbocycles. The Bertz CT molecular complexity index is 1340. The number of fused-ring (bicyclic) bond motifs is 1. The van der Waals surface area contributed by atoms with Crippen LogP contribution in [0.25, 0.3) is 0 Å². The maximum Gasteiger partial charge on any atom is 0.255 e. The highest BCUT2D eigenvalue weighted by Gasteiger charge is 2.54. The highest BCUT2D eigenvalue weighted by molar-refractivity contribution is 5.97. The quantitative estimate of drug-likeness (QED) is 0.504. The number of ether oxygens (including phenoxy) is 2. The summed E-state index contributed by atoms with van der Waals surface area (Å²) >= 11 is 0. The molecule has 2 fully saturated rings. The van der Waals surface area contributed by atoms with Crippen LogP contribution in [-0.4, -0.2) is 46.1 Å². The van der Waals surface area contributed by atoms with Crippen LogP contribution < -0.4 is 25.0 Å². The van der Waals surface area contributed by atoms with E-state index in [1.165, 1.54) is 30.1 Å². The number of hydrogen-bond acceptors (Lipinski definition) is 8. The van der Waals surface area contributed by atoms with Gasteiger partial charge in [0.15, 0.2) is 11.6 Å². The number of aromatic nitrogens is 3. The molecular formula is C27H29FN6O3. The number of benzene rings is 1. The number of rotatable bonds is 7. The van der Waals surface area contributed by atoms with Crippen molar-refractivity contribution in [2.24, 2.45) is 5.41 Å². The zero-order valence-corrected chi connectivity index (χ0v) is 20.8. The largest absolute Gasteiger partial charge is 0.490 e. The van der Waals surface area contributed by atoms with E-state index in [4.69, 9.17) is 9.47 Å². The monoisotopic (exact) mass is 504 g/mol. The first-order valence-electron chi connectivity index (χ1n) is 12.6. The van der Waals surface area contributed by atoms with E-state index in [0.29, 0.717) is 11.6 Å². The minimum Gasteiger partial charge on any atom is -0.490 e. The first-order chi connectivity index (χ1) is 17.9. The van der Waals surface area contributed by atoms with Gasteiger partial charge in [-0.15, -0.1) is 0 Å². The van der Waals surface area contributed by atoms with E-state index in [-0.39, 0.29) is 28.9 Å². The van der Waals surface area contributed by atoms with Gasteiger partial charge < -0.3 is 25.0 Å². The summed E-state index contributed by atoms with van der Waals surface area (Å²) in [6.45, 7) is 6.95. The average molecular weight is 505 g/mol. The van der Waals surface area contributed by atoms with Gasteiger partial charge in [0.05, 0.1) is 17.5 Å². The Morgan fingerprint density at radius 3 is 2.81 bits per heavy atom. The smallest absolute Gasteiger partial charge is 0.255 e. The lowest BCUT2D eigenvalue weighted by atomic mass is 9.61. The van der Waals surface area contributed by atoms with Gasteiger partial charge in [0.1, 0.15) is 29.7 Å². The molecule has 2 aliphatic heterocycles. The number of halogens is 1. The third-order valence-corrected chi connectivity index (χ3v) is 7.15. The third-order valence-electron chi connectivity index (χ3n) is 7.15. The summed E-state index contributed by atoms with van der Waals surface area (Å²) in [5.74, 6) is 1.36. The van der Waals surface area contributed by atoms with Gasteiger partial charge in [0.25, 0.3) is 5.91 Å². The average Bonchev–Trinajstić information content (AvgIpc) is 3.31. The van der Waals surface area contributed by atoms with Crippen molar-refractivity contribution in [1.82, 2.24) is 25.6 Å². The van der Waals surface area contributed by atoms with Gasteiger partial charge in [0.2, 0.25) is 0 Å². The number of hydrogen-bond donors (Lipinski definition) is 2. The normalized spacial score (nSPS) is 17.8. The first-order valence-corrected chi connectivity index (χ1v) is 12.6. The molecular weight excluding hydrogens is 475 g/mol. The van der Waals surface area contributed by atoms with E-state index in [2.05, 4.69) is 30.5 Å². The third kappa shape index (κ3) is 4.57. The van der Waals surface area contributed by atoms with Gasteiger partial charge in [-0.1, -0.05) is 0 Å². The SMILES string of the molecule is CC(C)NC(=O)c1cc(F)ccc1Oc1cncnc1N1CC2(CC(Oc3ccnc4c3CNC4)C2)C1. The number of amides is 1. The molecule has 1 amide bonds. The summed E-state index contributed by atoms with van der Waals surface area (Å²) in [7, 11) is 0. The van der Waals surface area contributed by atoms with Crippen LogP contribution in [0.3, 0.4) is 0 Å². The zero-order chi connectivity index (χ0) is 25.6. The van der Waals surface area contributed by atoms with Gasteiger partial charge in [-0.05, 0) is 51.0 Å². The molecule has 0 bridgehead atoms. The molecule has 37 heavy (non-hydrogen) atoms. The minimum atomic E-state index is -0.509. The van der Waals surface area contributed by atoms with Crippen LogP contribution in [0.15, 0.2) is 43.0 Å². The second-order valence-electron chi connectivity index (χ2n) is 10.4. The van der Waals surface area contributed by atoms with Crippen LogP contribution in [0.4, 0.5) is 10.2 Å². The Balaban J connectivity index is 1.12. The van der Waals surface area contributed by atoms with Crippen LogP contribution in [-0.2, 0) is 13.1 Å². The Morgan fingerprint density at radius 2 is 2.00 bits per heavy atom. The van der Waals surface area contributed by atoms with E-state index in [0.717, 1.165) is 50.5 Å². The number of carbonyl (C=O) groups excluding carboxylic acids is 1. The summed E-state index contributed by atoms with van der Waals surface area (Å²) in [6, 6.07) is 5.77. The molecule has 0 radical (unpaired) electrons. The molecule has 3 aromatic rings. The van der Waals surface area contributed by atoms with Crippen molar-refractivity contribution in [3.8, 4) is 17.2 Å². The fraction of sp³-hybridized carbons (Fsp3) is 0.407. The number of pyridine rings is 1.